The first-order valence-electron chi connectivity index (χ1n) is 10.7. The lowest BCUT2D eigenvalue weighted by Gasteiger charge is -2.35. The standard InChI is InChI=1S/C23H29N3O3S/c1-24(22-13-7-9-19-8-5-6-12-21(19)22)18-23(27)25-14-16-26(17-15-25)30(28,29)20-10-3-2-4-11-20/h2-6,8,10-12,22H,7,9,13-18H2,1H3/p+1/t22-/m1/s1. The molecular formula is C23H30N3O3S+. The largest absolute Gasteiger partial charge is 0.335 e. The lowest BCUT2D eigenvalue weighted by atomic mass is 9.87. The van der Waals surface area contributed by atoms with Gasteiger partial charge in [-0.3, -0.25) is 4.79 Å². The Morgan fingerprint density at radius 1 is 1.00 bits per heavy atom. The molecule has 2 atom stereocenters. The van der Waals surface area contributed by atoms with Gasteiger partial charge in [0, 0.05) is 38.2 Å². The van der Waals surface area contributed by atoms with Gasteiger partial charge in [0.15, 0.2) is 6.54 Å². The van der Waals surface area contributed by atoms with Crippen molar-refractivity contribution in [1.82, 2.24) is 9.21 Å². The van der Waals surface area contributed by atoms with E-state index in [0.29, 0.717) is 43.7 Å². The van der Waals surface area contributed by atoms with Gasteiger partial charge in [-0.15, -0.1) is 0 Å². The van der Waals surface area contributed by atoms with Crippen LogP contribution in [-0.2, 0) is 21.2 Å². The maximum atomic E-state index is 12.9. The summed E-state index contributed by atoms with van der Waals surface area (Å²) in [6.07, 6.45) is 3.37. The lowest BCUT2D eigenvalue weighted by molar-refractivity contribution is -0.905. The Morgan fingerprint density at radius 3 is 2.40 bits per heavy atom. The quantitative estimate of drug-likeness (QED) is 0.776. The summed E-state index contributed by atoms with van der Waals surface area (Å²) >= 11 is 0. The third-order valence-electron chi connectivity index (χ3n) is 6.37. The van der Waals surface area contributed by atoms with Gasteiger partial charge in [-0.2, -0.15) is 4.31 Å². The molecule has 4 rings (SSSR count). The van der Waals surface area contributed by atoms with E-state index >= 15 is 0 Å². The molecule has 0 spiro atoms. The Balaban J connectivity index is 1.35. The number of rotatable bonds is 5. The number of likely N-dealkylation sites (N-methyl/N-ethyl adjacent to an activating group) is 1. The maximum Gasteiger partial charge on any atom is 0.277 e. The molecule has 1 heterocycles. The fourth-order valence-electron chi connectivity index (χ4n) is 4.66. The Kier molecular flexibility index (Phi) is 6.22. The predicted octanol–water partition coefficient (Wildman–Crippen LogP) is 1.11. The van der Waals surface area contributed by atoms with Gasteiger partial charge in [-0.1, -0.05) is 42.5 Å². The first-order valence-corrected chi connectivity index (χ1v) is 12.1. The van der Waals surface area contributed by atoms with Crippen LogP contribution in [0, 0.1) is 0 Å². The van der Waals surface area contributed by atoms with Crippen molar-refractivity contribution in [3.63, 3.8) is 0 Å². The van der Waals surface area contributed by atoms with Crippen LogP contribution in [0.25, 0.3) is 0 Å². The number of aryl methyl sites for hydroxylation is 1. The molecule has 6 nitrogen and oxygen atoms in total. The van der Waals surface area contributed by atoms with Gasteiger partial charge in [0.25, 0.3) is 5.91 Å². The average Bonchev–Trinajstić information content (AvgIpc) is 2.79. The minimum Gasteiger partial charge on any atom is -0.335 e. The average molecular weight is 429 g/mol. The molecule has 7 heteroatoms. The summed E-state index contributed by atoms with van der Waals surface area (Å²) in [6, 6.07) is 17.4. The first-order chi connectivity index (χ1) is 14.5. The number of benzene rings is 2. The molecule has 1 saturated heterocycles. The van der Waals surface area contributed by atoms with Crippen LogP contribution in [0.1, 0.15) is 30.0 Å². The Bertz CT molecular complexity index is 986. The van der Waals surface area contributed by atoms with Crippen LogP contribution in [0.15, 0.2) is 59.5 Å². The number of carbonyl (C=O) groups is 1. The van der Waals surface area contributed by atoms with Gasteiger partial charge in [0.2, 0.25) is 10.0 Å². The number of hydrogen-bond acceptors (Lipinski definition) is 3. The van der Waals surface area contributed by atoms with Gasteiger partial charge in [-0.25, -0.2) is 8.42 Å². The SMILES string of the molecule is C[NH+](CC(=O)N1CCN(S(=O)(=O)c2ccccc2)CC1)[C@@H]1CCCc2ccccc21. The minimum atomic E-state index is -3.49. The normalized spacial score (nSPS) is 21.1. The van der Waals surface area contributed by atoms with E-state index < -0.39 is 10.0 Å². The molecule has 1 amide bonds. The van der Waals surface area contributed by atoms with Crippen LogP contribution in [0.4, 0.5) is 0 Å². The van der Waals surface area contributed by atoms with Crippen LogP contribution in [-0.4, -0.2) is 63.3 Å². The van der Waals surface area contributed by atoms with Gasteiger partial charge in [0.1, 0.15) is 6.04 Å². The van der Waals surface area contributed by atoms with Crippen LogP contribution in [0.2, 0.25) is 0 Å². The summed E-state index contributed by atoms with van der Waals surface area (Å²) in [4.78, 5) is 16.3. The summed E-state index contributed by atoms with van der Waals surface area (Å²) in [5.41, 5.74) is 2.77. The second kappa shape index (κ2) is 8.88. The highest BCUT2D eigenvalue weighted by Gasteiger charge is 2.33. The minimum absolute atomic E-state index is 0.104. The third kappa shape index (κ3) is 4.29. The van der Waals surface area contributed by atoms with Crippen LogP contribution in [0.5, 0.6) is 0 Å². The molecule has 1 aliphatic heterocycles. The molecule has 0 radical (unpaired) electrons. The zero-order valence-electron chi connectivity index (χ0n) is 17.5. The molecule has 1 fully saturated rings. The molecule has 2 aromatic rings. The molecular weight excluding hydrogens is 398 g/mol. The summed E-state index contributed by atoms with van der Waals surface area (Å²) in [5, 5.41) is 0. The number of nitrogens with one attached hydrogen (secondary N) is 1. The number of carbonyl (C=O) groups excluding carboxylic acids is 1. The van der Waals surface area contributed by atoms with E-state index in [1.807, 2.05) is 4.90 Å². The smallest absolute Gasteiger partial charge is 0.277 e. The third-order valence-corrected chi connectivity index (χ3v) is 8.28. The fraction of sp³-hybridized carbons (Fsp3) is 0.435. The number of piperazine rings is 1. The number of amides is 1. The molecule has 160 valence electrons. The Labute approximate surface area is 179 Å². The fourth-order valence-corrected chi connectivity index (χ4v) is 6.10. The lowest BCUT2D eigenvalue weighted by Crippen LogP contribution is -3.10. The van der Waals surface area contributed by atoms with E-state index in [1.54, 1.807) is 30.3 Å². The number of hydrogen-bond donors (Lipinski definition) is 1. The highest BCUT2D eigenvalue weighted by molar-refractivity contribution is 7.89. The highest BCUT2D eigenvalue weighted by Crippen LogP contribution is 2.27. The van der Waals surface area contributed by atoms with E-state index in [9.17, 15) is 13.2 Å². The molecule has 2 aliphatic rings. The molecule has 0 aromatic heterocycles. The molecule has 1 aliphatic carbocycles. The van der Waals surface area contributed by atoms with Crippen molar-refractivity contribution in [3.8, 4) is 0 Å². The van der Waals surface area contributed by atoms with Gasteiger partial charge in [-0.05, 0) is 30.5 Å². The summed E-state index contributed by atoms with van der Waals surface area (Å²) in [7, 11) is -1.40. The van der Waals surface area contributed by atoms with Crippen molar-refractivity contribution in [2.24, 2.45) is 0 Å². The van der Waals surface area contributed by atoms with Crippen molar-refractivity contribution in [3.05, 3.63) is 65.7 Å². The number of sulfonamides is 1. The molecule has 0 saturated carbocycles. The topological polar surface area (TPSA) is 62.1 Å². The first kappa shape index (κ1) is 21.0. The van der Waals surface area contributed by atoms with E-state index in [1.165, 1.54) is 20.3 Å². The second-order valence-electron chi connectivity index (χ2n) is 8.26. The second-order valence-corrected chi connectivity index (χ2v) is 10.2. The Hall–Kier alpha value is -2.22. The number of quaternary nitrogens is 1. The summed E-state index contributed by atoms with van der Waals surface area (Å²) in [5.74, 6) is 0.104. The molecule has 1 unspecified atom stereocenters. The number of fused-ring (bicyclic) bond motifs is 1. The zero-order valence-corrected chi connectivity index (χ0v) is 18.3. The van der Waals surface area contributed by atoms with Gasteiger partial charge >= 0.3 is 0 Å². The van der Waals surface area contributed by atoms with Gasteiger partial charge < -0.3 is 9.80 Å². The predicted molar refractivity (Wildman–Crippen MR) is 116 cm³/mol. The van der Waals surface area contributed by atoms with Crippen LogP contribution < -0.4 is 4.90 Å². The zero-order chi connectivity index (χ0) is 21.1. The van der Waals surface area contributed by atoms with Crippen molar-refractivity contribution in [2.75, 3.05) is 39.8 Å². The van der Waals surface area contributed by atoms with E-state index in [-0.39, 0.29) is 5.91 Å². The molecule has 1 N–H and O–H groups in total. The molecule has 30 heavy (non-hydrogen) atoms. The number of nitrogens with zero attached hydrogens (tertiary/aromatic N) is 2. The van der Waals surface area contributed by atoms with Crippen molar-refractivity contribution in [1.29, 1.82) is 0 Å². The van der Waals surface area contributed by atoms with Crippen LogP contribution >= 0.6 is 0 Å². The van der Waals surface area contributed by atoms with Gasteiger partial charge in [0.05, 0.1) is 11.9 Å². The Morgan fingerprint density at radius 2 is 1.67 bits per heavy atom. The highest BCUT2D eigenvalue weighted by atomic mass is 32.2. The molecule has 0 bridgehead atoms. The van der Waals surface area contributed by atoms with Crippen LogP contribution in [0.3, 0.4) is 0 Å². The summed E-state index contributed by atoms with van der Waals surface area (Å²) in [6.45, 7) is 2.01. The monoisotopic (exact) mass is 428 g/mol. The van der Waals surface area contributed by atoms with E-state index in [4.69, 9.17) is 0 Å². The summed E-state index contributed by atoms with van der Waals surface area (Å²) < 4.78 is 27.1. The molecule has 2 aromatic carbocycles. The maximum absolute atomic E-state index is 12.9. The van der Waals surface area contributed by atoms with Crippen molar-refractivity contribution in [2.45, 2.75) is 30.2 Å². The van der Waals surface area contributed by atoms with E-state index in [0.717, 1.165) is 19.3 Å². The van der Waals surface area contributed by atoms with Crippen molar-refractivity contribution < 1.29 is 18.1 Å². The van der Waals surface area contributed by atoms with Crippen molar-refractivity contribution >= 4 is 15.9 Å². The van der Waals surface area contributed by atoms with E-state index in [2.05, 4.69) is 31.3 Å².